The predicted octanol–water partition coefficient (Wildman–Crippen LogP) is 2.37. The summed E-state index contributed by atoms with van der Waals surface area (Å²) in [6.45, 7) is 7.22. The molecule has 1 aromatic heterocycles. The van der Waals surface area contributed by atoms with Gasteiger partial charge in [-0.3, -0.25) is 0 Å². The van der Waals surface area contributed by atoms with Gasteiger partial charge >= 0.3 is 0 Å². The van der Waals surface area contributed by atoms with E-state index >= 15 is 0 Å². The fourth-order valence-electron chi connectivity index (χ4n) is 1.11. The Bertz CT molecular complexity index is 255. The number of halogens is 1. The van der Waals surface area contributed by atoms with Crippen molar-refractivity contribution in [2.24, 2.45) is 5.92 Å². The standard InChI is InChI=1S/C9H15ClN2/c1-7(4-10)5-12-6-11-8(2)9(12)3/h6-7H,4-5H2,1-3H3. The van der Waals surface area contributed by atoms with E-state index in [0.29, 0.717) is 11.8 Å². The van der Waals surface area contributed by atoms with E-state index in [1.54, 1.807) is 0 Å². The number of nitrogens with zero attached hydrogens (tertiary/aromatic N) is 2. The summed E-state index contributed by atoms with van der Waals surface area (Å²) < 4.78 is 2.16. The Balaban J connectivity index is 2.69. The van der Waals surface area contributed by atoms with Gasteiger partial charge in [0.2, 0.25) is 0 Å². The third-order valence-corrected chi connectivity index (χ3v) is 2.64. The maximum absolute atomic E-state index is 5.73. The molecular formula is C9H15ClN2. The molecule has 1 heterocycles. The van der Waals surface area contributed by atoms with Crippen LogP contribution < -0.4 is 0 Å². The summed E-state index contributed by atoms with van der Waals surface area (Å²) >= 11 is 5.73. The molecule has 2 nitrogen and oxygen atoms in total. The Hall–Kier alpha value is -0.500. The van der Waals surface area contributed by atoms with Gasteiger partial charge in [-0.05, 0) is 19.8 Å². The summed E-state index contributed by atoms with van der Waals surface area (Å²) in [6, 6.07) is 0. The van der Waals surface area contributed by atoms with Crippen molar-refractivity contribution in [3.63, 3.8) is 0 Å². The minimum absolute atomic E-state index is 0.513. The first-order valence-corrected chi connectivity index (χ1v) is 4.73. The van der Waals surface area contributed by atoms with Crippen molar-refractivity contribution in [2.75, 3.05) is 5.88 Å². The van der Waals surface area contributed by atoms with Gasteiger partial charge in [0, 0.05) is 18.1 Å². The Morgan fingerprint density at radius 1 is 1.58 bits per heavy atom. The van der Waals surface area contributed by atoms with E-state index in [4.69, 9.17) is 11.6 Å². The van der Waals surface area contributed by atoms with Gasteiger partial charge in [-0.1, -0.05) is 6.92 Å². The van der Waals surface area contributed by atoms with Crippen molar-refractivity contribution in [2.45, 2.75) is 27.3 Å². The fourth-order valence-corrected chi connectivity index (χ4v) is 1.21. The van der Waals surface area contributed by atoms with Crippen LogP contribution in [0.4, 0.5) is 0 Å². The molecule has 0 saturated carbocycles. The highest BCUT2D eigenvalue weighted by molar-refractivity contribution is 6.18. The first-order chi connectivity index (χ1) is 5.65. The highest BCUT2D eigenvalue weighted by atomic mass is 35.5. The minimum atomic E-state index is 0.513. The number of imidazole rings is 1. The molecule has 3 heteroatoms. The van der Waals surface area contributed by atoms with E-state index in [9.17, 15) is 0 Å². The van der Waals surface area contributed by atoms with Gasteiger partial charge < -0.3 is 4.57 Å². The molecule has 1 unspecified atom stereocenters. The van der Waals surface area contributed by atoms with Crippen molar-refractivity contribution in [1.82, 2.24) is 9.55 Å². The lowest BCUT2D eigenvalue weighted by Crippen LogP contribution is -2.09. The molecule has 0 saturated heterocycles. The van der Waals surface area contributed by atoms with E-state index in [2.05, 4.69) is 23.4 Å². The Morgan fingerprint density at radius 3 is 2.67 bits per heavy atom. The van der Waals surface area contributed by atoms with Gasteiger partial charge in [0.05, 0.1) is 12.0 Å². The van der Waals surface area contributed by atoms with Crippen LogP contribution in [0.2, 0.25) is 0 Å². The van der Waals surface area contributed by atoms with Crippen molar-refractivity contribution in [1.29, 1.82) is 0 Å². The normalized spacial score (nSPS) is 13.3. The zero-order valence-corrected chi connectivity index (χ0v) is 8.60. The number of aryl methyl sites for hydroxylation is 1. The summed E-state index contributed by atoms with van der Waals surface area (Å²) in [7, 11) is 0. The fraction of sp³-hybridized carbons (Fsp3) is 0.667. The lowest BCUT2D eigenvalue weighted by atomic mass is 10.2. The molecular weight excluding hydrogens is 172 g/mol. The van der Waals surface area contributed by atoms with Crippen LogP contribution in [0.15, 0.2) is 6.33 Å². The molecule has 1 aromatic rings. The molecule has 0 radical (unpaired) electrons. The number of hydrogen-bond donors (Lipinski definition) is 0. The third kappa shape index (κ3) is 2.01. The van der Waals surface area contributed by atoms with Crippen LogP contribution in [-0.4, -0.2) is 15.4 Å². The Kier molecular flexibility index (Phi) is 3.15. The third-order valence-electron chi connectivity index (χ3n) is 2.12. The summed E-state index contributed by atoms with van der Waals surface area (Å²) in [6.07, 6.45) is 1.88. The van der Waals surface area contributed by atoms with Crippen molar-refractivity contribution in [3.8, 4) is 0 Å². The van der Waals surface area contributed by atoms with E-state index < -0.39 is 0 Å². The molecule has 0 aliphatic carbocycles. The zero-order chi connectivity index (χ0) is 9.14. The second kappa shape index (κ2) is 3.94. The molecule has 0 fully saturated rings. The molecule has 1 atom stereocenters. The topological polar surface area (TPSA) is 17.8 Å². The maximum Gasteiger partial charge on any atom is 0.0951 e. The van der Waals surface area contributed by atoms with Gasteiger partial charge in [0.25, 0.3) is 0 Å². The van der Waals surface area contributed by atoms with Crippen molar-refractivity contribution >= 4 is 11.6 Å². The average molecular weight is 187 g/mol. The van der Waals surface area contributed by atoms with Gasteiger partial charge in [0.1, 0.15) is 0 Å². The maximum atomic E-state index is 5.73. The quantitative estimate of drug-likeness (QED) is 0.663. The molecule has 12 heavy (non-hydrogen) atoms. The van der Waals surface area contributed by atoms with E-state index in [0.717, 1.165) is 12.2 Å². The first kappa shape index (κ1) is 9.59. The molecule has 0 amide bonds. The molecule has 0 aromatic carbocycles. The molecule has 0 bridgehead atoms. The van der Waals surface area contributed by atoms with Crippen LogP contribution in [0.25, 0.3) is 0 Å². The SMILES string of the molecule is Cc1ncn(CC(C)CCl)c1C. The highest BCUT2D eigenvalue weighted by Gasteiger charge is 2.05. The minimum Gasteiger partial charge on any atom is -0.334 e. The number of hydrogen-bond acceptors (Lipinski definition) is 1. The summed E-state index contributed by atoms with van der Waals surface area (Å²) in [5, 5.41) is 0. The van der Waals surface area contributed by atoms with Gasteiger partial charge in [-0.15, -0.1) is 11.6 Å². The van der Waals surface area contributed by atoms with Crippen LogP contribution in [0.1, 0.15) is 18.3 Å². The van der Waals surface area contributed by atoms with Gasteiger partial charge in [0.15, 0.2) is 0 Å². The average Bonchev–Trinajstić information content (AvgIpc) is 2.36. The number of alkyl halides is 1. The first-order valence-electron chi connectivity index (χ1n) is 4.19. The van der Waals surface area contributed by atoms with Crippen LogP contribution in [0.3, 0.4) is 0 Å². The van der Waals surface area contributed by atoms with Gasteiger partial charge in [-0.25, -0.2) is 4.98 Å². The van der Waals surface area contributed by atoms with E-state index in [-0.39, 0.29) is 0 Å². The summed E-state index contributed by atoms with van der Waals surface area (Å²) in [5.74, 6) is 1.22. The van der Waals surface area contributed by atoms with Gasteiger partial charge in [-0.2, -0.15) is 0 Å². The number of rotatable bonds is 3. The van der Waals surface area contributed by atoms with Crippen molar-refractivity contribution in [3.05, 3.63) is 17.7 Å². The monoisotopic (exact) mass is 186 g/mol. The zero-order valence-electron chi connectivity index (χ0n) is 7.84. The Labute approximate surface area is 78.6 Å². The van der Waals surface area contributed by atoms with Crippen LogP contribution in [0, 0.1) is 19.8 Å². The molecule has 0 aliphatic rings. The molecule has 0 aliphatic heterocycles. The summed E-state index contributed by atoms with van der Waals surface area (Å²) in [5.41, 5.74) is 2.35. The molecule has 0 spiro atoms. The Morgan fingerprint density at radius 2 is 2.25 bits per heavy atom. The van der Waals surface area contributed by atoms with E-state index in [1.165, 1.54) is 5.69 Å². The lowest BCUT2D eigenvalue weighted by molar-refractivity contribution is 0.520. The summed E-state index contributed by atoms with van der Waals surface area (Å²) in [4.78, 5) is 4.22. The highest BCUT2D eigenvalue weighted by Crippen LogP contribution is 2.08. The second-order valence-electron chi connectivity index (χ2n) is 3.33. The molecule has 0 N–H and O–H groups in total. The van der Waals surface area contributed by atoms with E-state index in [1.807, 2.05) is 13.3 Å². The smallest absolute Gasteiger partial charge is 0.0951 e. The number of aromatic nitrogens is 2. The largest absolute Gasteiger partial charge is 0.334 e. The van der Waals surface area contributed by atoms with Crippen LogP contribution in [0.5, 0.6) is 0 Å². The van der Waals surface area contributed by atoms with Crippen LogP contribution >= 0.6 is 11.6 Å². The van der Waals surface area contributed by atoms with Crippen molar-refractivity contribution < 1.29 is 0 Å². The second-order valence-corrected chi connectivity index (χ2v) is 3.64. The molecule has 68 valence electrons. The predicted molar refractivity (Wildman–Crippen MR) is 51.6 cm³/mol. The molecule has 1 rings (SSSR count). The van der Waals surface area contributed by atoms with Crippen LogP contribution in [-0.2, 0) is 6.54 Å². The lowest BCUT2D eigenvalue weighted by Gasteiger charge is -2.09.